The number of halogens is 3. The fourth-order valence-corrected chi connectivity index (χ4v) is 4.12. The van der Waals surface area contributed by atoms with Gasteiger partial charge in [-0.25, -0.2) is 0 Å². The van der Waals surface area contributed by atoms with Crippen molar-refractivity contribution in [3.8, 4) is 5.75 Å². The average molecular weight is 507 g/mol. The summed E-state index contributed by atoms with van der Waals surface area (Å²) in [5, 5.41) is 5.21. The van der Waals surface area contributed by atoms with E-state index in [1.165, 1.54) is 11.1 Å². The van der Waals surface area contributed by atoms with E-state index in [9.17, 15) is 22.8 Å². The minimum Gasteiger partial charge on any atom is -0.406 e. The Morgan fingerprint density at radius 2 is 1.75 bits per heavy atom. The number of benzene rings is 2. The van der Waals surface area contributed by atoms with Crippen LogP contribution in [-0.2, 0) is 11.3 Å². The molecule has 7 nitrogen and oxygen atoms in total. The second kappa shape index (κ2) is 12.1. The molecule has 1 fully saturated rings. The van der Waals surface area contributed by atoms with E-state index in [0.29, 0.717) is 18.4 Å². The lowest BCUT2D eigenvalue weighted by atomic mass is 9.96. The maximum Gasteiger partial charge on any atom is 0.573 e. The number of nitrogens with two attached hydrogens (primary N) is 1. The third kappa shape index (κ3) is 8.44. The van der Waals surface area contributed by atoms with E-state index in [1.807, 2.05) is 0 Å². The van der Waals surface area contributed by atoms with Gasteiger partial charge < -0.3 is 21.1 Å². The van der Waals surface area contributed by atoms with Gasteiger partial charge in [0.15, 0.2) is 0 Å². The monoisotopic (exact) mass is 506 g/mol. The molecule has 0 atom stereocenters. The molecule has 3 rings (SSSR count). The van der Waals surface area contributed by atoms with Crippen molar-refractivity contribution < 1.29 is 27.5 Å². The van der Waals surface area contributed by atoms with Crippen LogP contribution in [0.1, 0.15) is 54.1 Å². The van der Waals surface area contributed by atoms with Gasteiger partial charge in [0.1, 0.15) is 5.75 Å². The molecule has 0 bridgehead atoms. The number of hydrogen-bond acceptors (Lipinski definition) is 5. The Morgan fingerprint density at radius 1 is 1.08 bits per heavy atom. The number of ether oxygens (including phenoxy) is 1. The molecule has 2 aromatic rings. The highest BCUT2D eigenvalue weighted by Crippen LogP contribution is 2.26. The van der Waals surface area contributed by atoms with Gasteiger partial charge in [0.25, 0.3) is 5.91 Å². The molecule has 196 valence electrons. The number of piperidine rings is 1. The molecule has 0 unspecified atom stereocenters. The van der Waals surface area contributed by atoms with Crippen LogP contribution >= 0.6 is 0 Å². The average Bonchev–Trinajstić information content (AvgIpc) is 2.82. The molecular weight excluding hydrogens is 473 g/mol. The molecule has 1 aliphatic rings. The minimum atomic E-state index is -4.89. The number of amides is 2. The number of alkyl halides is 3. The number of carbonyl (C=O) groups is 2. The summed E-state index contributed by atoms with van der Waals surface area (Å²) in [7, 11) is 0. The molecule has 36 heavy (non-hydrogen) atoms. The fourth-order valence-electron chi connectivity index (χ4n) is 4.12. The summed E-state index contributed by atoms with van der Waals surface area (Å²) >= 11 is 0. The zero-order valence-electron chi connectivity index (χ0n) is 20.5. The van der Waals surface area contributed by atoms with Crippen molar-refractivity contribution in [2.75, 3.05) is 31.9 Å². The smallest absolute Gasteiger partial charge is 0.406 e. The molecule has 0 radical (unpaired) electrons. The van der Waals surface area contributed by atoms with E-state index >= 15 is 0 Å². The summed E-state index contributed by atoms with van der Waals surface area (Å²) in [6, 6.07) is 11.8. The maximum absolute atomic E-state index is 12.4. The normalized spacial score (nSPS) is 15.1. The summed E-state index contributed by atoms with van der Waals surface area (Å²) in [5.41, 5.74) is 8.09. The predicted octanol–water partition coefficient (Wildman–Crippen LogP) is 4.05. The van der Waals surface area contributed by atoms with Crippen LogP contribution < -0.4 is 21.1 Å². The lowest BCUT2D eigenvalue weighted by molar-refractivity contribution is -0.274. The van der Waals surface area contributed by atoms with Gasteiger partial charge in [0.2, 0.25) is 5.91 Å². The van der Waals surface area contributed by atoms with E-state index in [4.69, 9.17) is 5.73 Å². The van der Waals surface area contributed by atoms with Crippen molar-refractivity contribution in [3.05, 3.63) is 59.2 Å². The third-order valence-electron chi connectivity index (χ3n) is 6.26. The Balaban J connectivity index is 1.38. The Labute approximate surface area is 209 Å². The van der Waals surface area contributed by atoms with Crippen LogP contribution in [0.5, 0.6) is 5.75 Å². The van der Waals surface area contributed by atoms with Crippen molar-refractivity contribution in [1.29, 1.82) is 0 Å². The van der Waals surface area contributed by atoms with Crippen LogP contribution in [0.4, 0.5) is 18.9 Å². The van der Waals surface area contributed by atoms with Gasteiger partial charge in [-0.15, -0.1) is 13.2 Å². The van der Waals surface area contributed by atoms with Crippen molar-refractivity contribution in [2.45, 2.75) is 45.5 Å². The number of nitrogens with zero attached hydrogens (tertiary/aromatic N) is 1. The van der Waals surface area contributed by atoms with Crippen molar-refractivity contribution in [1.82, 2.24) is 15.5 Å². The van der Waals surface area contributed by atoms with Crippen molar-refractivity contribution in [3.63, 3.8) is 0 Å². The number of likely N-dealkylation sites (tertiary alicyclic amines) is 1. The Bertz CT molecular complexity index is 1030. The second-order valence-electron chi connectivity index (χ2n) is 9.40. The van der Waals surface area contributed by atoms with Crippen LogP contribution in [0.3, 0.4) is 0 Å². The number of anilines is 1. The summed E-state index contributed by atoms with van der Waals surface area (Å²) in [6.07, 6.45) is -2.97. The highest BCUT2D eigenvalue weighted by atomic mass is 19.4. The molecule has 2 aromatic carbocycles. The maximum atomic E-state index is 12.4. The first-order chi connectivity index (χ1) is 17.0. The van der Waals surface area contributed by atoms with Crippen LogP contribution in [-0.4, -0.2) is 49.3 Å². The molecule has 1 aliphatic heterocycles. The van der Waals surface area contributed by atoms with Crippen LogP contribution in [0.2, 0.25) is 0 Å². The number of carbonyl (C=O) groups excluding carboxylic acids is 2. The first kappa shape index (κ1) is 27.3. The van der Waals surface area contributed by atoms with E-state index in [2.05, 4.69) is 58.4 Å². The second-order valence-corrected chi connectivity index (χ2v) is 9.40. The molecule has 10 heteroatoms. The minimum absolute atomic E-state index is 0.0231. The molecule has 0 spiro atoms. The van der Waals surface area contributed by atoms with E-state index in [0.717, 1.165) is 50.7 Å². The van der Waals surface area contributed by atoms with Gasteiger partial charge >= 0.3 is 6.36 Å². The van der Waals surface area contributed by atoms with Crippen LogP contribution in [0.25, 0.3) is 0 Å². The van der Waals surface area contributed by atoms with E-state index in [1.54, 1.807) is 0 Å². The summed E-state index contributed by atoms with van der Waals surface area (Å²) in [4.78, 5) is 26.9. The lowest BCUT2D eigenvalue weighted by Crippen LogP contribution is -2.41. The van der Waals surface area contributed by atoms with Crippen LogP contribution in [0.15, 0.2) is 42.5 Å². The Morgan fingerprint density at radius 3 is 2.36 bits per heavy atom. The number of rotatable bonds is 9. The summed E-state index contributed by atoms with van der Waals surface area (Å²) < 4.78 is 41.1. The first-order valence-corrected chi connectivity index (χ1v) is 12.0. The molecular formula is C26H33F3N4O3. The van der Waals surface area contributed by atoms with Gasteiger partial charge in [0.05, 0.1) is 12.1 Å². The van der Waals surface area contributed by atoms with Crippen molar-refractivity contribution in [2.24, 2.45) is 5.92 Å². The highest BCUT2D eigenvalue weighted by molar-refractivity contribution is 6.01. The molecule has 0 aliphatic carbocycles. The van der Waals surface area contributed by atoms with Crippen LogP contribution in [0, 0.1) is 5.92 Å². The number of hydrogen-bond donors (Lipinski definition) is 3. The van der Waals surface area contributed by atoms with Crippen molar-refractivity contribution >= 4 is 17.5 Å². The topological polar surface area (TPSA) is 96.7 Å². The Kier molecular flexibility index (Phi) is 9.19. The highest BCUT2D eigenvalue weighted by Gasteiger charge is 2.31. The summed E-state index contributed by atoms with van der Waals surface area (Å²) in [5.74, 6) is -0.843. The zero-order valence-corrected chi connectivity index (χ0v) is 20.5. The third-order valence-corrected chi connectivity index (χ3v) is 6.26. The Hall–Kier alpha value is -3.27. The van der Waals surface area contributed by atoms with Gasteiger partial charge in [-0.2, -0.15) is 0 Å². The number of nitrogens with one attached hydrogen (secondary N) is 2. The van der Waals surface area contributed by atoms with Gasteiger partial charge in [0, 0.05) is 18.8 Å². The molecule has 4 N–H and O–H groups in total. The molecule has 0 saturated carbocycles. The zero-order chi connectivity index (χ0) is 26.3. The largest absolute Gasteiger partial charge is 0.573 e. The lowest BCUT2D eigenvalue weighted by Gasteiger charge is -2.32. The summed E-state index contributed by atoms with van der Waals surface area (Å²) in [6.45, 7) is 7.34. The quantitative estimate of drug-likeness (QED) is 0.446. The van der Waals surface area contributed by atoms with E-state index in [-0.39, 0.29) is 23.7 Å². The van der Waals surface area contributed by atoms with E-state index < -0.39 is 18.0 Å². The first-order valence-electron chi connectivity index (χ1n) is 12.0. The standard InChI is InChI=1S/C26H33F3N4O3/c1-17(2)20-5-3-19(4-6-20)16-33-11-9-18(10-12-33)14-31-24(34)15-32-25(35)22-13-21(7-8-23(22)30)36-26(27,28)29/h3-8,13,17-18H,9-12,14-16,30H2,1-2H3,(H,31,34)(H,32,35). The van der Waals surface area contributed by atoms with Gasteiger partial charge in [-0.05, 0) is 67.1 Å². The predicted molar refractivity (Wildman–Crippen MR) is 131 cm³/mol. The van der Waals surface area contributed by atoms with Gasteiger partial charge in [-0.3, -0.25) is 14.5 Å². The molecule has 1 saturated heterocycles. The molecule has 2 amide bonds. The fraction of sp³-hybridized carbons (Fsp3) is 0.462. The van der Waals surface area contributed by atoms with Gasteiger partial charge in [-0.1, -0.05) is 38.1 Å². The SMILES string of the molecule is CC(C)c1ccc(CN2CCC(CNC(=O)CNC(=O)c3cc(OC(F)(F)F)ccc3N)CC2)cc1. The molecule has 1 heterocycles. The number of nitrogen functional groups attached to an aromatic ring is 1. The molecule has 0 aromatic heterocycles.